The van der Waals surface area contributed by atoms with Crippen LogP contribution in [0.2, 0.25) is 0 Å². The van der Waals surface area contributed by atoms with Gasteiger partial charge >= 0.3 is 6.18 Å². The van der Waals surface area contributed by atoms with Crippen LogP contribution in [0.5, 0.6) is 0 Å². The van der Waals surface area contributed by atoms with Gasteiger partial charge in [-0.3, -0.25) is 9.59 Å². The maximum atomic E-state index is 13.1. The molecule has 44 heavy (non-hydrogen) atoms. The number of nitrogens with one attached hydrogen (secondary N) is 3. The van der Waals surface area contributed by atoms with E-state index in [1.54, 1.807) is 18.3 Å². The average Bonchev–Trinajstić information content (AvgIpc) is 3.64. The van der Waals surface area contributed by atoms with Crippen LogP contribution in [0.25, 0.3) is 10.4 Å². The first-order valence-corrected chi connectivity index (χ1v) is 14.9. The SMILES string of the molecule is Cc1cc(Nc2nccc(C(F)(F)F)n2)cc(-c2cnc(C3(O)CCC(C(=O)NCc4ccc5c(c4)C(=O)NC5)CC3)s2)c1. The fraction of sp³-hybridized carbons (Fsp3) is 0.323. The highest BCUT2D eigenvalue weighted by Crippen LogP contribution is 2.43. The highest BCUT2D eigenvalue weighted by Gasteiger charge is 2.39. The second kappa shape index (κ2) is 11.6. The second-order valence-electron chi connectivity index (χ2n) is 11.2. The number of aromatic nitrogens is 3. The molecule has 2 aromatic heterocycles. The summed E-state index contributed by atoms with van der Waals surface area (Å²) in [6.07, 6.45) is -0.0955. The van der Waals surface area contributed by atoms with Crippen LogP contribution >= 0.6 is 11.3 Å². The Balaban J connectivity index is 1.08. The summed E-state index contributed by atoms with van der Waals surface area (Å²) in [6, 6.07) is 11.9. The van der Waals surface area contributed by atoms with Crippen LogP contribution in [0.3, 0.4) is 0 Å². The normalized spacial score (nSPS) is 19.8. The van der Waals surface area contributed by atoms with E-state index < -0.39 is 17.5 Å². The smallest absolute Gasteiger partial charge is 0.383 e. The Labute approximate surface area is 255 Å². The third-order valence-corrected chi connectivity index (χ3v) is 9.22. The van der Waals surface area contributed by atoms with Crippen molar-refractivity contribution in [3.8, 4) is 10.4 Å². The summed E-state index contributed by atoms with van der Waals surface area (Å²) in [5.74, 6) is -0.595. The molecule has 2 amide bonds. The van der Waals surface area contributed by atoms with Gasteiger partial charge in [-0.15, -0.1) is 11.3 Å². The predicted molar refractivity (Wildman–Crippen MR) is 158 cm³/mol. The quantitative estimate of drug-likeness (QED) is 0.211. The number of carbonyl (C=O) groups excluding carboxylic acids is 2. The van der Waals surface area contributed by atoms with Gasteiger partial charge in [0.1, 0.15) is 16.3 Å². The number of fused-ring (bicyclic) bond motifs is 1. The number of nitrogens with zero attached hydrogens (tertiary/aromatic N) is 3. The molecular weight excluding hydrogens is 593 g/mol. The molecule has 228 valence electrons. The van der Waals surface area contributed by atoms with Gasteiger partial charge in [-0.05, 0) is 79.1 Å². The highest BCUT2D eigenvalue weighted by molar-refractivity contribution is 7.15. The van der Waals surface area contributed by atoms with Crippen molar-refractivity contribution in [3.63, 3.8) is 0 Å². The second-order valence-corrected chi connectivity index (χ2v) is 12.2. The number of benzene rings is 2. The van der Waals surface area contributed by atoms with Crippen molar-refractivity contribution in [1.29, 1.82) is 0 Å². The third kappa shape index (κ3) is 6.29. The fourth-order valence-electron chi connectivity index (χ4n) is 5.60. The monoisotopic (exact) mass is 622 g/mol. The number of aryl methyl sites for hydroxylation is 1. The number of aliphatic hydroxyl groups is 1. The number of thiazole rings is 1. The molecule has 6 rings (SSSR count). The lowest BCUT2D eigenvalue weighted by molar-refractivity contribution is -0.141. The van der Waals surface area contributed by atoms with Crippen molar-refractivity contribution in [3.05, 3.63) is 87.8 Å². The van der Waals surface area contributed by atoms with Crippen LogP contribution in [0, 0.1) is 12.8 Å². The van der Waals surface area contributed by atoms with Crippen LogP contribution in [-0.2, 0) is 29.7 Å². The number of rotatable bonds is 7. The third-order valence-electron chi connectivity index (χ3n) is 7.98. The Bertz CT molecular complexity index is 1730. The molecule has 0 spiro atoms. The minimum atomic E-state index is -4.58. The molecule has 1 saturated carbocycles. The molecule has 0 bridgehead atoms. The largest absolute Gasteiger partial charge is 0.433 e. The van der Waals surface area contributed by atoms with Gasteiger partial charge in [0.2, 0.25) is 11.9 Å². The van der Waals surface area contributed by atoms with Crippen LogP contribution in [0.1, 0.15) is 63.4 Å². The number of hydrogen-bond acceptors (Lipinski definition) is 8. The summed E-state index contributed by atoms with van der Waals surface area (Å²) in [5.41, 5.74) is 2.41. The van der Waals surface area contributed by atoms with E-state index in [1.807, 2.05) is 31.2 Å². The van der Waals surface area contributed by atoms with E-state index >= 15 is 0 Å². The van der Waals surface area contributed by atoms with Gasteiger partial charge in [0.25, 0.3) is 5.91 Å². The summed E-state index contributed by atoms with van der Waals surface area (Å²) in [5, 5.41) is 20.6. The van der Waals surface area contributed by atoms with Gasteiger partial charge in [-0.1, -0.05) is 18.2 Å². The van der Waals surface area contributed by atoms with Crippen molar-refractivity contribution >= 4 is 34.8 Å². The molecule has 4 aromatic rings. The Morgan fingerprint density at radius 3 is 2.70 bits per heavy atom. The van der Waals surface area contributed by atoms with E-state index in [9.17, 15) is 27.9 Å². The molecule has 2 aromatic carbocycles. The molecule has 1 fully saturated rings. The lowest BCUT2D eigenvalue weighted by Gasteiger charge is -2.33. The predicted octanol–water partition coefficient (Wildman–Crippen LogP) is 5.61. The number of anilines is 2. The van der Waals surface area contributed by atoms with Crippen LogP contribution < -0.4 is 16.0 Å². The van der Waals surface area contributed by atoms with Gasteiger partial charge in [-0.2, -0.15) is 13.2 Å². The lowest BCUT2D eigenvalue weighted by Crippen LogP contribution is -2.38. The zero-order valence-corrected chi connectivity index (χ0v) is 24.5. The zero-order chi connectivity index (χ0) is 31.1. The van der Waals surface area contributed by atoms with Crippen molar-refractivity contribution in [2.45, 2.75) is 57.5 Å². The highest BCUT2D eigenvalue weighted by atomic mass is 32.1. The minimum absolute atomic E-state index is 0.0821. The minimum Gasteiger partial charge on any atom is -0.383 e. The summed E-state index contributed by atoms with van der Waals surface area (Å²) in [6.45, 7) is 2.71. The van der Waals surface area contributed by atoms with Crippen molar-refractivity contribution < 1.29 is 27.9 Å². The van der Waals surface area contributed by atoms with Gasteiger partial charge in [0, 0.05) is 42.7 Å². The molecule has 0 radical (unpaired) electrons. The van der Waals surface area contributed by atoms with E-state index in [1.165, 1.54) is 11.3 Å². The average molecular weight is 623 g/mol. The Morgan fingerprint density at radius 1 is 1.14 bits per heavy atom. The molecular formula is C31H29F3N6O3S. The van der Waals surface area contributed by atoms with E-state index in [-0.39, 0.29) is 23.7 Å². The molecule has 3 heterocycles. The first kappa shape index (κ1) is 29.7. The summed E-state index contributed by atoms with van der Waals surface area (Å²) in [7, 11) is 0. The maximum absolute atomic E-state index is 13.1. The first-order chi connectivity index (χ1) is 21.0. The molecule has 1 aliphatic carbocycles. The van der Waals surface area contributed by atoms with Gasteiger partial charge < -0.3 is 21.1 Å². The lowest BCUT2D eigenvalue weighted by atomic mass is 9.78. The Hall–Kier alpha value is -4.36. The number of hydrogen-bond donors (Lipinski definition) is 4. The van der Waals surface area contributed by atoms with Gasteiger partial charge in [0.05, 0.1) is 4.88 Å². The van der Waals surface area contributed by atoms with Crippen molar-refractivity contribution in [2.24, 2.45) is 5.92 Å². The molecule has 0 saturated heterocycles. The molecule has 1 aliphatic heterocycles. The first-order valence-electron chi connectivity index (χ1n) is 14.1. The number of halogens is 3. The van der Waals surface area contributed by atoms with Crippen molar-refractivity contribution in [1.82, 2.24) is 25.6 Å². The number of amides is 2. The van der Waals surface area contributed by atoms with Crippen LogP contribution in [0.15, 0.2) is 54.9 Å². The van der Waals surface area contributed by atoms with E-state index in [0.717, 1.165) is 39.4 Å². The molecule has 2 aliphatic rings. The number of alkyl halides is 3. The van der Waals surface area contributed by atoms with E-state index in [2.05, 4.69) is 30.9 Å². The topological polar surface area (TPSA) is 129 Å². The van der Waals surface area contributed by atoms with Gasteiger partial charge in [-0.25, -0.2) is 15.0 Å². The fourth-order valence-corrected chi connectivity index (χ4v) is 6.65. The van der Waals surface area contributed by atoms with E-state index in [0.29, 0.717) is 55.0 Å². The Kier molecular flexibility index (Phi) is 7.84. The van der Waals surface area contributed by atoms with Crippen LogP contribution in [0.4, 0.5) is 24.8 Å². The molecule has 13 heteroatoms. The molecule has 9 nitrogen and oxygen atoms in total. The van der Waals surface area contributed by atoms with E-state index in [4.69, 9.17) is 0 Å². The summed E-state index contributed by atoms with van der Waals surface area (Å²) < 4.78 is 39.2. The standard InChI is InChI=1S/C31H29F3N6O3S/c1-17-10-21(13-22(11-17)39-29-35-9-6-25(40-29)31(32,33)34)24-16-38-28(44-24)30(43)7-4-19(5-8-30)26(41)36-14-18-2-3-20-15-37-27(42)23(20)12-18/h2-3,6,9-13,16,19,43H,4-5,7-8,14-15H2,1H3,(H,36,41)(H,37,42)(H,35,39,40). The maximum Gasteiger partial charge on any atom is 0.433 e. The molecule has 0 unspecified atom stereocenters. The summed E-state index contributed by atoms with van der Waals surface area (Å²) in [4.78, 5) is 37.6. The summed E-state index contributed by atoms with van der Waals surface area (Å²) >= 11 is 1.35. The Morgan fingerprint density at radius 2 is 1.93 bits per heavy atom. The van der Waals surface area contributed by atoms with Crippen molar-refractivity contribution in [2.75, 3.05) is 5.32 Å². The van der Waals surface area contributed by atoms with Gasteiger partial charge in [0.15, 0.2) is 0 Å². The molecule has 4 N–H and O–H groups in total. The molecule has 0 atom stereocenters. The number of carbonyl (C=O) groups is 2. The zero-order valence-electron chi connectivity index (χ0n) is 23.7. The van der Waals surface area contributed by atoms with Crippen LogP contribution in [-0.4, -0.2) is 31.9 Å².